The Hall–Kier alpha value is -2.23. The number of hydrogen-bond donors (Lipinski definition) is 3. The molecule has 0 bridgehead atoms. The van der Waals surface area contributed by atoms with Gasteiger partial charge >= 0.3 is 5.97 Å². The third kappa shape index (κ3) is 2.99. The lowest BCUT2D eigenvalue weighted by Gasteiger charge is -2.26. The number of pyridine rings is 2. The maximum Gasteiger partial charge on any atom is 0.341 e. The van der Waals surface area contributed by atoms with E-state index in [0.29, 0.717) is 31.9 Å². The number of aromatic carboxylic acids is 1. The number of aromatic amines is 1. The highest BCUT2D eigenvalue weighted by molar-refractivity contribution is 5.93. The number of carboxylic acids is 1. The van der Waals surface area contributed by atoms with Crippen LogP contribution in [0, 0.1) is 11.7 Å². The number of fused-ring (bicyclic) bond motifs is 2. The molecule has 156 valence electrons. The molecule has 1 saturated carbocycles. The standard InChI is InChI=1S/C19H21FN4O4.ClH/c20-12-5-11-15(25)13(18(26)27)14(9-1-2-9)22-16(11)23-17(12)24-6-10-3-4-28-19(10,7-21)8-24;/h5,9-10H,1-4,6-8,21H2,(H,26,27)(H,22,23,25);1H. The molecular weight excluding hydrogens is 403 g/mol. The summed E-state index contributed by atoms with van der Waals surface area (Å²) in [6.07, 6.45) is 2.51. The van der Waals surface area contributed by atoms with Crippen LogP contribution in [0.1, 0.15) is 41.2 Å². The topological polar surface area (TPSA) is 122 Å². The minimum atomic E-state index is -1.30. The van der Waals surface area contributed by atoms with E-state index in [1.54, 1.807) is 0 Å². The number of nitrogens with zero attached hydrogens (tertiary/aromatic N) is 2. The fourth-order valence-corrected chi connectivity index (χ4v) is 4.63. The molecule has 29 heavy (non-hydrogen) atoms. The first kappa shape index (κ1) is 20.1. The lowest BCUT2D eigenvalue weighted by Crippen LogP contribution is -2.44. The van der Waals surface area contributed by atoms with Crippen LogP contribution in [0.2, 0.25) is 0 Å². The number of nitrogens with one attached hydrogen (secondary N) is 1. The van der Waals surface area contributed by atoms with E-state index < -0.39 is 22.8 Å². The number of anilines is 1. The maximum absolute atomic E-state index is 14.9. The quantitative estimate of drug-likeness (QED) is 0.681. The number of halogens is 2. The van der Waals surface area contributed by atoms with Crippen molar-refractivity contribution in [2.24, 2.45) is 11.7 Å². The third-order valence-corrected chi connectivity index (χ3v) is 6.30. The summed E-state index contributed by atoms with van der Waals surface area (Å²) in [5, 5.41) is 9.41. The van der Waals surface area contributed by atoms with Gasteiger partial charge in [-0.3, -0.25) is 4.79 Å². The average Bonchev–Trinajstić information content (AvgIpc) is 3.33. The van der Waals surface area contributed by atoms with Crippen LogP contribution in [-0.2, 0) is 4.74 Å². The molecule has 0 radical (unpaired) electrons. The normalized spacial score (nSPS) is 25.9. The Bertz CT molecular complexity index is 1060. The van der Waals surface area contributed by atoms with Gasteiger partial charge in [-0.25, -0.2) is 14.2 Å². The number of rotatable bonds is 4. The molecule has 2 aromatic rings. The van der Waals surface area contributed by atoms with Crippen LogP contribution in [0.5, 0.6) is 0 Å². The molecule has 1 aliphatic carbocycles. The minimum absolute atomic E-state index is 0. The zero-order valence-electron chi connectivity index (χ0n) is 15.6. The van der Waals surface area contributed by atoms with E-state index in [0.717, 1.165) is 25.3 Å². The van der Waals surface area contributed by atoms with Crippen molar-refractivity contribution >= 4 is 35.2 Å². The average molecular weight is 425 g/mol. The largest absolute Gasteiger partial charge is 0.477 e. The first-order valence-corrected chi connectivity index (χ1v) is 9.52. The lowest BCUT2D eigenvalue weighted by atomic mass is 9.91. The van der Waals surface area contributed by atoms with Gasteiger partial charge in [-0.15, -0.1) is 12.4 Å². The van der Waals surface area contributed by atoms with Gasteiger partial charge in [0.05, 0.1) is 11.9 Å². The maximum atomic E-state index is 14.9. The Kier molecular flexibility index (Phi) is 4.79. The van der Waals surface area contributed by atoms with Gasteiger partial charge in [-0.05, 0) is 25.3 Å². The van der Waals surface area contributed by atoms with Crippen molar-refractivity contribution in [1.29, 1.82) is 0 Å². The van der Waals surface area contributed by atoms with Gasteiger partial charge in [0.1, 0.15) is 16.8 Å². The van der Waals surface area contributed by atoms with Crippen LogP contribution in [0.4, 0.5) is 10.2 Å². The molecule has 2 aromatic heterocycles. The highest BCUT2D eigenvalue weighted by atomic mass is 35.5. The third-order valence-electron chi connectivity index (χ3n) is 6.30. The highest BCUT2D eigenvalue weighted by Gasteiger charge is 2.51. The zero-order valence-corrected chi connectivity index (χ0v) is 16.4. The van der Waals surface area contributed by atoms with Crippen molar-refractivity contribution in [2.75, 3.05) is 31.1 Å². The van der Waals surface area contributed by atoms with Crippen molar-refractivity contribution in [3.05, 3.63) is 33.4 Å². The van der Waals surface area contributed by atoms with Crippen LogP contribution in [0.15, 0.2) is 10.9 Å². The second-order valence-electron chi connectivity index (χ2n) is 8.00. The minimum Gasteiger partial charge on any atom is -0.477 e. The molecule has 3 fully saturated rings. The molecule has 0 amide bonds. The molecule has 3 aliphatic rings. The molecule has 4 heterocycles. The van der Waals surface area contributed by atoms with Crippen molar-refractivity contribution in [3.63, 3.8) is 0 Å². The summed E-state index contributed by atoms with van der Waals surface area (Å²) in [5.41, 5.74) is 5.05. The van der Waals surface area contributed by atoms with Crippen molar-refractivity contribution in [3.8, 4) is 0 Å². The molecule has 2 saturated heterocycles. The molecule has 10 heteroatoms. The number of nitrogens with two attached hydrogens (primary N) is 1. The van der Waals surface area contributed by atoms with Gasteiger partial charge in [0.25, 0.3) is 0 Å². The van der Waals surface area contributed by atoms with E-state index in [1.165, 1.54) is 0 Å². The summed E-state index contributed by atoms with van der Waals surface area (Å²) in [6.45, 7) is 2.03. The Morgan fingerprint density at radius 3 is 2.83 bits per heavy atom. The molecule has 8 nitrogen and oxygen atoms in total. The van der Waals surface area contributed by atoms with E-state index in [-0.39, 0.29) is 46.7 Å². The fourth-order valence-electron chi connectivity index (χ4n) is 4.63. The Morgan fingerprint density at radius 1 is 1.45 bits per heavy atom. The number of carbonyl (C=O) groups is 1. The van der Waals surface area contributed by atoms with E-state index in [1.807, 2.05) is 4.90 Å². The summed E-state index contributed by atoms with van der Waals surface area (Å²) >= 11 is 0. The van der Waals surface area contributed by atoms with Crippen molar-refractivity contribution in [1.82, 2.24) is 9.97 Å². The van der Waals surface area contributed by atoms with Gasteiger partial charge in [-0.1, -0.05) is 0 Å². The monoisotopic (exact) mass is 424 g/mol. The molecule has 0 aromatic carbocycles. The Balaban J connectivity index is 0.00000205. The van der Waals surface area contributed by atoms with E-state index in [4.69, 9.17) is 10.5 Å². The smallest absolute Gasteiger partial charge is 0.341 e. The predicted molar refractivity (Wildman–Crippen MR) is 107 cm³/mol. The second-order valence-corrected chi connectivity index (χ2v) is 8.00. The van der Waals surface area contributed by atoms with Crippen LogP contribution >= 0.6 is 12.4 Å². The van der Waals surface area contributed by atoms with Gasteiger partial charge in [-0.2, -0.15) is 0 Å². The van der Waals surface area contributed by atoms with Gasteiger partial charge in [0.2, 0.25) is 5.43 Å². The second kappa shape index (κ2) is 6.93. The zero-order chi connectivity index (χ0) is 19.6. The molecule has 2 unspecified atom stereocenters. The summed E-state index contributed by atoms with van der Waals surface area (Å²) in [6, 6.07) is 1.09. The molecule has 5 rings (SSSR count). The first-order chi connectivity index (χ1) is 13.4. The van der Waals surface area contributed by atoms with Crippen LogP contribution < -0.4 is 16.1 Å². The first-order valence-electron chi connectivity index (χ1n) is 9.52. The highest BCUT2D eigenvalue weighted by Crippen LogP contribution is 2.42. The molecule has 0 spiro atoms. The summed E-state index contributed by atoms with van der Waals surface area (Å²) in [4.78, 5) is 33.5. The van der Waals surface area contributed by atoms with E-state index in [9.17, 15) is 19.1 Å². The van der Waals surface area contributed by atoms with Gasteiger partial charge < -0.3 is 25.5 Å². The molecule has 2 atom stereocenters. The van der Waals surface area contributed by atoms with Crippen LogP contribution in [0.3, 0.4) is 0 Å². The Morgan fingerprint density at radius 2 is 2.21 bits per heavy atom. The molecule has 2 aliphatic heterocycles. The predicted octanol–water partition coefficient (Wildman–Crippen LogP) is 1.61. The van der Waals surface area contributed by atoms with Crippen LogP contribution in [-0.4, -0.2) is 52.9 Å². The fraction of sp³-hybridized carbons (Fsp3) is 0.526. The van der Waals surface area contributed by atoms with E-state index >= 15 is 0 Å². The number of H-pyrrole nitrogens is 1. The van der Waals surface area contributed by atoms with Crippen molar-refractivity contribution in [2.45, 2.75) is 30.8 Å². The molecule has 4 N–H and O–H groups in total. The summed E-state index contributed by atoms with van der Waals surface area (Å²) < 4.78 is 20.8. The Labute approximate surface area is 171 Å². The summed E-state index contributed by atoms with van der Waals surface area (Å²) in [7, 11) is 0. The number of aromatic nitrogens is 2. The van der Waals surface area contributed by atoms with Crippen molar-refractivity contribution < 1.29 is 19.0 Å². The number of carboxylic acid groups (broad SMARTS) is 1. The van der Waals surface area contributed by atoms with E-state index in [2.05, 4.69) is 9.97 Å². The van der Waals surface area contributed by atoms with Gasteiger partial charge in [0, 0.05) is 37.2 Å². The summed E-state index contributed by atoms with van der Waals surface area (Å²) in [5.74, 6) is -1.59. The number of ether oxygens (including phenoxy) is 1. The number of hydrogen-bond acceptors (Lipinski definition) is 6. The SMILES string of the molecule is Cl.NCC12CN(c3nc4[nH]c(C5CC5)c(C(=O)O)c(=O)c4cc3F)CC1CCO2. The van der Waals surface area contributed by atoms with Gasteiger partial charge in [0.15, 0.2) is 11.6 Å². The lowest BCUT2D eigenvalue weighted by molar-refractivity contribution is 0.0126. The molecular formula is C19H22ClFN4O4. The van der Waals surface area contributed by atoms with Crippen LogP contribution in [0.25, 0.3) is 11.0 Å².